The highest BCUT2D eigenvalue weighted by Crippen LogP contribution is 2.47. The summed E-state index contributed by atoms with van der Waals surface area (Å²) in [7, 11) is -2.79. The van der Waals surface area contributed by atoms with E-state index < -0.39 is 38.7 Å². The second-order valence-electron chi connectivity index (χ2n) is 8.38. The van der Waals surface area contributed by atoms with Crippen LogP contribution < -0.4 is 4.72 Å². The first-order valence-corrected chi connectivity index (χ1v) is 12.4. The third-order valence-corrected chi connectivity index (χ3v) is 7.77. The Bertz CT molecular complexity index is 1750. The van der Waals surface area contributed by atoms with Gasteiger partial charge in [-0.2, -0.15) is 18.3 Å². The number of hydrogen-bond donors (Lipinski definition) is 2. The fourth-order valence-electron chi connectivity index (χ4n) is 4.45. The Balaban J connectivity index is 1.74. The van der Waals surface area contributed by atoms with Gasteiger partial charge in [0.1, 0.15) is 5.82 Å². The van der Waals surface area contributed by atoms with Crippen molar-refractivity contribution in [1.29, 1.82) is 0 Å². The maximum atomic E-state index is 14.7. The zero-order valence-electron chi connectivity index (χ0n) is 19.2. The van der Waals surface area contributed by atoms with Crippen LogP contribution >= 0.6 is 0 Å². The number of alkyl halides is 3. The molecule has 1 aromatic heterocycles. The number of sulfonamides is 1. The number of halogens is 4. The van der Waals surface area contributed by atoms with Crippen LogP contribution in [0.5, 0.6) is 0 Å². The van der Waals surface area contributed by atoms with Crippen LogP contribution in [0.3, 0.4) is 0 Å². The summed E-state index contributed by atoms with van der Waals surface area (Å²) in [4.78, 5) is -0.213. The van der Waals surface area contributed by atoms with E-state index in [9.17, 15) is 31.1 Å². The van der Waals surface area contributed by atoms with Crippen molar-refractivity contribution in [2.75, 3.05) is 7.05 Å². The Labute approximate surface area is 208 Å². The van der Waals surface area contributed by atoms with E-state index in [2.05, 4.69) is 9.82 Å². The molecule has 0 spiro atoms. The molecule has 1 unspecified atom stereocenters. The first kappa shape index (κ1) is 24.9. The van der Waals surface area contributed by atoms with E-state index in [4.69, 9.17) is 0 Å². The topological polar surface area (TPSA) is 84.2 Å². The number of aromatic nitrogens is 2. The van der Waals surface area contributed by atoms with Gasteiger partial charge >= 0.3 is 6.18 Å². The molecule has 0 amide bonds. The second kappa shape index (κ2) is 8.65. The van der Waals surface area contributed by atoms with Gasteiger partial charge in [-0.1, -0.05) is 36.4 Å². The van der Waals surface area contributed by atoms with Crippen LogP contribution in [0, 0.1) is 5.82 Å². The molecule has 0 bridgehead atoms. The molecule has 1 heterocycles. The van der Waals surface area contributed by atoms with Crippen molar-refractivity contribution in [3.05, 3.63) is 102 Å². The highest BCUT2D eigenvalue weighted by atomic mass is 32.2. The summed E-state index contributed by atoms with van der Waals surface area (Å²) >= 11 is 0. The third-order valence-electron chi connectivity index (χ3n) is 6.30. The van der Waals surface area contributed by atoms with Crippen LogP contribution in [-0.4, -0.2) is 36.5 Å². The standard InChI is InChI=1S/C26H19F4N3O3S/c1-31-37(35,36)24-13-11-22(20-4-2-3-5-21(20)24)25(34,26(28,29)30)17-6-12-23-16(14-17)15-32-33(23)19-9-7-18(27)8-10-19/h2-15,31,34H,1H3. The average molecular weight is 530 g/mol. The van der Waals surface area contributed by atoms with Crippen molar-refractivity contribution in [1.82, 2.24) is 14.5 Å². The Morgan fingerprint density at radius 1 is 0.919 bits per heavy atom. The minimum absolute atomic E-state index is 0.0298. The molecule has 11 heteroatoms. The van der Waals surface area contributed by atoms with E-state index in [-0.39, 0.29) is 15.7 Å². The predicted molar refractivity (Wildman–Crippen MR) is 130 cm³/mol. The van der Waals surface area contributed by atoms with Gasteiger partial charge in [0.15, 0.2) is 0 Å². The quantitative estimate of drug-likeness (QED) is 0.313. The second-order valence-corrected chi connectivity index (χ2v) is 10.2. The molecule has 0 aliphatic carbocycles. The van der Waals surface area contributed by atoms with E-state index in [1.54, 1.807) is 0 Å². The zero-order chi connectivity index (χ0) is 26.6. The molecule has 4 aromatic carbocycles. The van der Waals surface area contributed by atoms with Gasteiger partial charge in [-0.25, -0.2) is 22.2 Å². The van der Waals surface area contributed by atoms with E-state index in [1.807, 2.05) is 0 Å². The minimum Gasteiger partial charge on any atom is -0.372 e. The fourth-order valence-corrected chi connectivity index (χ4v) is 5.38. The molecule has 0 aliphatic heterocycles. The summed E-state index contributed by atoms with van der Waals surface area (Å²) < 4.78 is 86.0. The van der Waals surface area contributed by atoms with E-state index in [0.29, 0.717) is 16.6 Å². The van der Waals surface area contributed by atoms with Crippen molar-refractivity contribution in [2.45, 2.75) is 16.7 Å². The smallest absolute Gasteiger partial charge is 0.372 e. The van der Waals surface area contributed by atoms with Gasteiger partial charge in [-0.05, 0) is 60.5 Å². The predicted octanol–water partition coefficient (Wildman–Crippen LogP) is 5.02. The van der Waals surface area contributed by atoms with Crippen LogP contribution in [0.2, 0.25) is 0 Å². The number of fused-ring (bicyclic) bond motifs is 2. The van der Waals surface area contributed by atoms with Gasteiger partial charge in [0.25, 0.3) is 0 Å². The largest absolute Gasteiger partial charge is 0.425 e. The zero-order valence-corrected chi connectivity index (χ0v) is 20.0. The first-order chi connectivity index (χ1) is 17.5. The minimum atomic E-state index is -5.17. The van der Waals surface area contributed by atoms with Crippen LogP contribution in [0.4, 0.5) is 17.6 Å². The van der Waals surface area contributed by atoms with Crippen LogP contribution in [0.15, 0.2) is 90.0 Å². The number of rotatable bonds is 5. The molecule has 0 aliphatic rings. The monoisotopic (exact) mass is 529 g/mol. The third kappa shape index (κ3) is 3.95. The lowest BCUT2D eigenvalue weighted by Gasteiger charge is -2.33. The fraction of sp³-hybridized carbons (Fsp3) is 0.115. The van der Waals surface area contributed by atoms with Crippen molar-refractivity contribution < 1.29 is 31.1 Å². The molecular formula is C26H19F4N3O3S. The molecule has 6 nitrogen and oxygen atoms in total. The number of hydrogen-bond acceptors (Lipinski definition) is 4. The lowest BCUT2D eigenvalue weighted by atomic mass is 9.82. The van der Waals surface area contributed by atoms with Gasteiger partial charge in [-0.3, -0.25) is 0 Å². The molecule has 190 valence electrons. The van der Waals surface area contributed by atoms with Gasteiger partial charge < -0.3 is 5.11 Å². The molecule has 2 N–H and O–H groups in total. The summed E-state index contributed by atoms with van der Waals surface area (Å²) in [6.45, 7) is 0. The van der Waals surface area contributed by atoms with Crippen molar-refractivity contribution in [3.8, 4) is 5.69 Å². The van der Waals surface area contributed by atoms with Crippen molar-refractivity contribution in [2.24, 2.45) is 0 Å². The van der Waals surface area contributed by atoms with Crippen molar-refractivity contribution >= 4 is 31.7 Å². The van der Waals surface area contributed by atoms with Crippen LogP contribution in [0.1, 0.15) is 11.1 Å². The molecular weight excluding hydrogens is 510 g/mol. The Morgan fingerprint density at radius 2 is 1.59 bits per heavy atom. The number of nitrogens with zero attached hydrogens (tertiary/aromatic N) is 2. The highest BCUT2D eigenvalue weighted by molar-refractivity contribution is 7.89. The molecule has 0 saturated heterocycles. The van der Waals surface area contributed by atoms with E-state index in [1.165, 1.54) is 78.6 Å². The molecule has 5 rings (SSSR count). The average Bonchev–Trinajstić information content (AvgIpc) is 3.30. The van der Waals surface area contributed by atoms with Gasteiger partial charge in [0.2, 0.25) is 15.6 Å². The van der Waals surface area contributed by atoms with Gasteiger partial charge in [0, 0.05) is 16.3 Å². The Morgan fingerprint density at radius 3 is 2.24 bits per heavy atom. The molecule has 5 aromatic rings. The summed E-state index contributed by atoms with van der Waals surface area (Å²) in [5, 5.41) is 15.9. The molecule has 37 heavy (non-hydrogen) atoms. The summed E-state index contributed by atoms with van der Waals surface area (Å²) in [6, 6.07) is 16.9. The van der Waals surface area contributed by atoms with E-state index in [0.717, 1.165) is 18.2 Å². The van der Waals surface area contributed by atoms with Crippen LogP contribution in [0.25, 0.3) is 27.4 Å². The molecule has 1 atom stereocenters. The van der Waals surface area contributed by atoms with Gasteiger partial charge in [-0.15, -0.1) is 0 Å². The molecule has 0 saturated carbocycles. The van der Waals surface area contributed by atoms with Crippen molar-refractivity contribution in [3.63, 3.8) is 0 Å². The number of benzene rings is 4. The summed E-state index contributed by atoms with van der Waals surface area (Å²) in [5.41, 5.74) is -3.51. The van der Waals surface area contributed by atoms with Gasteiger partial charge in [0.05, 0.1) is 22.3 Å². The maximum absolute atomic E-state index is 14.7. The molecule has 0 radical (unpaired) electrons. The Kier molecular flexibility index (Phi) is 5.81. The maximum Gasteiger partial charge on any atom is 0.425 e. The molecule has 0 fully saturated rings. The highest BCUT2D eigenvalue weighted by Gasteiger charge is 2.57. The number of aliphatic hydroxyl groups is 1. The normalized spacial score (nSPS) is 14.2. The van der Waals surface area contributed by atoms with E-state index >= 15 is 0 Å². The SMILES string of the molecule is CNS(=O)(=O)c1ccc(C(O)(c2ccc3c(cnn3-c3ccc(F)cc3)c2)C(F)(F)F)c2ccccc12. The first-order valence-electron chi connectivity index (χ1n) is 11.0. The lowest BCUT2D eigenvalue weighted by molar-refractivity contribution is -0.247. The lowest BCUT2D eigenvalue weighted by Crippen LogP contribution is -2.43. The summed E-state index contributed by atoms with van der Waals surface area (Å²) in [5.74, 6) is -0.446. The number of nitrogens with one attached hydrogen (secondary N) is 1. The summed E-state index contributed by atoms with van der Waals surface area (Å²) in [6.07, 6.45) is -3.82. The Hall–Kier alpha value is -3.80. The van der Waals surface area contributed by atoms with Crippen LogP contribution in [-0.2, 0) is 15.6 Å².